The van der Waals surface area contributed by atoms with Crippen LogP contribution in [0, 0.1) is 0 Å². The van der Waals surface area contributed by atoms with Crippen molar-refractivity contribution in [2.75, 3.05) is 13.1 Å². The van der Waals surface area contributed by atoms with Crippen LogP contribution in [0.1, 0.15) is 11.4 Å². The molecule has 5 heteroatoms. The van der Waals surface area contributed by atoms with E-state index < -0.39 is 11.8 Å². The highest BCUT2D eigenvalue weighted by molar-refractivity contribution is 5.30. The van der Waals surface area contributed by atoms with Crippen molar-refractivity contribution in [1.82, 2.24) is 20.6 Å². The van der Waals surface area contributed by atoms with Gasteiger partial charge in [0.2, 0.25) is 0 Å². The minimum absolute atomic E-state index is 0.402. The number of β-amino-alcohol motifs (C(OH)–C–C–N with tert-alkyl or cyclic N) is 1. The Morgan fingerprint density at radius 3 is 1.89 bits per heavy atom. The van der Waals surface area contributed by atoms with Crippen LogP contribution in [-0.2, 0) is 5.66 Å². The summed E-state index contributed by atoms with van der Waals surface area (Å²) in [6, 6.07) is 11.6. The molecule has 0 atom stereocenters. The van der Waals surface area contributed by atoms with Crippen LogP contribution >= 0.6 is 0 Å². The molecule has 3 heterocycles. The van der Waals surface area contributed by atoms with Gasteiger partial charge in [-0.25, -0.2) is 0 Å². The van der Waals surface area contributed by atoms with Crippen LogP contribution in [0.2, 0.25) is 0 Å². The van der Waals surface area contributed by atoms with Crippen LogP contribution in [0.15, 0.2) is 48.8 Å². The molecule has 5 nitrogen and oxygen atoms in total. The minimum Gasteiger partial charge on any atom is -0.390 e. The van der Waals surface area contributed by atoms with Gasteiger partial charge >= 0.3 is 0 Å². The minimum atomic E-state index is -0.637. The van der Waals surface area contributed by atoms with Gasteiger partial charge in [-0.2, -0.15) is 0 Å². The largest absolute Gasteiger partial charge is 0.390 e. The quantitative estimate of drug-likeness (QED) is 0.717. The van der Waals surface area contributed by atoms with Crippen LogP contribution in [0.5, 0.6) is 0 Å². The fourth-order valence-electron chi connectivity index (χ4n) is 2.34. The third-order valence-corrected chi connectivity index (χ3v) is 3.30. The van der Waals surface area contributed by atoms with Crippen molar-refractivity contribution >= 4 is 0 Å². The van der Waals surface area contributed by atoms with Gasteiger partial charge in [0.15, 0.2) is 5.66 Å². The van der Waals surface area contributed by atoms with Crippen molar-refractivity contribution in [3.05, 3.63) is 60.2 Å². The van der Waals surface area contributed by atoms with Gasteiger partial charge in [-0.3, -0.25) is 20.6 Å². The summed E-state index contributed by atoms with van der Waals surface area (Å²) in [6.07, 6.45) is 3.11. The summed E-state index contributed by atoms with van der Waals surface area (Å²) in [5, 5.41) is 16.3. The summed E-state index contributed by atoms with van der Waals surface area (Å²) in [7, 11) is 0. The first-order valence-corrected chi connectivity index (χ1v) is 6.32. The lowest BCUT2D eigenvalue weighted by Gasteiger charge is -2.40. The topological polar surface area (TPSA) is 70.1 Å². The third kappa shape index (κ3) is 2.23. The molecule has 19 heavy (non-hydrogen) atoms. The lowest BCUT2D eigenvalue weighted by molar-refractivity contribution is 0.0998. The molecule has 0 aromatic carbocycles. The van der Waals surface area contributed by atoms with Gasteiger partial charge in [0.05, 0.1) is 17.5 Å². The number of aliphatic hydroxyl groups is 1. The second-order valence-corrected chi connectivity index (χ2v) is 4.60. The molecule has 0 saturated carbocycles. The lowest BCUT2D eigenvalue weighted by Crippen LogP contribution is -2.64. The molecule has 0 unspecified atom stereocenters. The number of hydrogen-bond acceptors (Lipinski definition) is 5. The molecule has 3 N–H and O–H groups in total. The zero-order valence-electron chi connectivity index (χ0n) is 10.5. The van der Waals surface area contributed by atoms with E-state index in [1.807, 2.05) is 36.4 Å². The highest BCUT2D eigenvalue weighted by atomic mass is 16.3. The van der Waals surface area contributed by atoms with E-state index in [-0.39, 0.29) is 0 Å². The summed E-state index contributed by atoms with van der Waals surface area (Å²) < 4.78 is 0. The second kappa shape index (κ2) is 5.05. The van der Waals surface area contributed by atoms with Gasteiger partial charge in [0.25, 0.3) is 0 Å². The summed E-state index contributed by atoms with van der Waals surface area (Å²) in [5.41, 5.74) is 1.06. The zero-order chi connectivity index (χ0) is 13.1. The normalized spacial score (nSPS) is 19.2. The van der Waals surface area contributed by atoms with Crippen LogP contribution in [0.4, 0.5) is 0 Å². The average Bonchev–Trinajstić information content (AvgIpc) is 2.50. The van der Waals surface area contributed by atoms with E-state index in [1.165, 1.54) is 0 Å². The van der Waals surface area contributed by atoms with E-state index in [0.717, 1.165) is 11.4 Å². The zero-order valence-corrected chi connectivity index (χ0v) is 10.5. The molecule has 1 aliphatic heterocycles. The molecule has 1 aliphatic rings. The molecule has 1 fully saturated rings. The highest BCUT2D eigenvalue weighted by Gasteiger charge is 2.39. The lowest BCUT2D eigenvalue weighted by atomic mass is 9.96. The van der Waals surface area contributed by atoms with E-state index in [0.29, 0.717) is 13.1 Å². The molecule has 98 valence electrons. The predicted octanol–water partition coefficient (Wildman–Crippen LogP) is 0.231. The Hall–Kier alpha value is -1.82. The Morgan fingerprint density at radius 2 is 1.47 bits per heavy atom. The third-order valence-electron chi connectivity index (χ3n) is 3.30. The van der Waals surface area contributed by atoms with Gasteiger partial charge in [0, 0.05) is 25.5 Å². The molecule has 2 aromatic rings. The highest BCUT2D eigenvalue weighted by Crippen LogP contribution is 2.25. The standard InChI is InChI=1S/C14H16N4O/c19-11-9-17-14(18-10-11,12-5-1-3-7-15-12)13-6-2-4-8-16-13/h1-8,11,17-19H,9-10H2. The Labute approximate surface area is 111 Å². The molecular formula is C14H16N4O. The monoisotopic (exact) mass is 256 g/mol. The Kier molecular flexibility index (Phi) is 3.25. The number of hydrogen-bond donors (Lipinski definition) is 3. The van der Waals surface area contributed by atoms with E-state index in [9.17, 15) is 5.11 Å². The smallest absolute Gasteiger partial charge is 0.156 e. The number of nitrogens with one attached hydrogen (secondary N) is 2. The summed E-state index contributed by atoms with van der Waals surface area (Å²) >= 11 is 0. The van der Waals surface area contributed by atoms with Gasteiger partial charge in [-0.1, -0.05) is 12.1 Å². The number of aliphatic hydroxyl groups excluding tert-OH is 1. The molecule has 2 aromatic heterocycles. The molecule has 1 saturated heterocycles. The first-order chi connectivity index (χ1) is 9.31. The van der Waals surface area contributed by atoms with Gasteiger partial charge in [-0.05, 0) is 24.3 Å². The SMILES string of the molecule is OC1CNC(c2ccccn2)(c2ccccn2)NC1. The molecule has 0 bridgehead atoms. The Balaban J connectivity index is 2.06. The second-order valence-electron chi connectivity index (χ2n) is 4.60. The molecule has 0 spiro atoms. The maximum absolute atomic E-state index is 9.67. The van der Waals surface area contributed by atoms with Gasteiger partial charge < -0.3 is 5.11 Å². The van der Waals surface area contributed by atoms with Crippen LogP contribution in [-0.4, -0.2) is 34.3 Å². The van der Waals surface area contributed by atoms with E-state index >= 15 is 0 Å². The van der Waals surface area contributed by atoms with Crippen molar-refractivity contribution in [2.45, 2.75) is 11.8 Å². The number of pyridine rings is 2. The van der Waals surface area contributed by atoms with Crippen molar-refractivity contribution in [3.63, 3.8) is 0 Å². The van der Waals surface area contributed by atoms with Gasteiger partial charge in [0.1, 0.15) is 0 Å². The summed E-state index contributed by atoms with van der Waals surface area (Å²) in [4.78, 5) is 8.86. The molecule has 0 radical (unpaired) electrons. The fraction of sp³-hybridized carbons (Fsp3) is 0.286. The van der Waals surface area contributed by atoms with Crippen LogP contribution < -0.4 is 10.6 Å². The summed E-state index contributed by atoms with van der Waals surface area (Å²) in [5.74, 6) is 0. The Morgan fingerprint density at radius 1 is 0.947 bits per heavy atom. The molecule has 0 amide bonds. The number of nitrogens with zero attached hydrogens (tertiary/aromatic N) is 2. The maximum Gasteiger partial charge on any atom is 0.156 e. The first kappa shape index (κ1) is 12.2. The van der Waals surface area contributed by atoms with E-state index in [2.05, 4.69) is 20.6 Å². The van der Waals surface area contributed by atoms with Crippen molar-refractivity contribution < 1.29 is 5.11 Å². The number of aromatic nitrogens is 2. The summed E-state index contributed by atoms with van der Waals surface area (Å²) in [6.45, 7) is 1.00. The average molecular weight is 256 g/mol. The molecule has 0 aliphatic carbocycles. The molecular weight excluding hydrogens is 240 g/mol. The van der Waals surface area contributed by atoms with Crippen molar-refractivity contribution in [1.29, 1.82) is 0 Å². The Bertz CT molecular complexity index is 482. The fourth-order valence-corrected chi connectivity index (χ4v) is 2.34. The molecule has 3 rings (SSSR count). The van der Waals surface area contributed by atoms with Gasteiger partial charge in [-0.15, -0.1) is 0 Å². The van der Waals surface area contributed by atoms with Crippen molar-refractivity contribution in [2.24, 2.45) is 0 Å². The van der Waals surface area contributed by atoms with E-state index in [1.54, 1.807) is 12.4 Å². The first-order valence-electron chi connectivity index (χ1n) is 6.32. The number of rotatable bonds is 2. The van der Waals surface area contributed by atoms with Crippen molar-refractivity contribution in [3.8, 4) is 0 Å². The van der Waals surface area contributed by atoms with Crippen LogP contribution in [0.25, 0.3) is 0 Å². The van der Waals surface area contributed by atoms with Crippen LogP contribution in [0.3, 0.4) is 0 Å². The predicted molar refractivity (Wildman–Crippen MR) is 71.3 cm³/mol. The van der Waals surface area contributed by atoms with E-state index in [4.69, 9.17) is 0 Å². The maximum atomic E-state index is 9.67.